The number of aromatic nitrogens is 1. The number of carbonyl (C=O) groups is 1. The van der Waals surface area contributed by atoms with Crippen LogP contribution in [-0.4, -0.2) is 44.0 Å². The summed E-state index contributed by atoms with van der Waals surface area (Å²) in [6.45, 7) is 0.311. The summed E-state index contributed by atoms with van der Waals surface area (Å²) in [6, 6.07) is 4.52. The molecule has 0 spiro atoms. The average Bonchev–Trinajstić information content (AvgIpc) is 3.22. The number of nitrogens with one attached hydrogen (secondary N) is 1. The maximum atomic E-state index is 12.3. The number of hydrogen-bond donors (Lipinski definition) is 1. The van der Waals surface area contributed by atoms with Crippen molar-refractivity contribution in [3.8, 4) is 11.5 Å². The van der Waals surface area contributed by atoms with E-state index in [1.807, 2.05) is 5.38 Å². The summed E-state index contributed by atoms with van der Waals surface area (Å²) < 4.78 is 33.9. The molecule has 3 rings (SSSR count). The minimum absolute atomic E-state index is 0.00922. The topological polar surface area (TPSA) is 94.6 Å². The van der Waals surface area contributed by atoms with Crippen molar-refractivity contribution in [1.29, 1.82) is 0 Å². The third kappa shape index (κ3) is 4.49. The van der Waals surface area contributed by atoms with Crippen molar-refractivity contribution in [2.24, 2.45) is 0 Å². The highest BCUT2D eigenvalue weighted by Crippen LogP contribution is 2.29. The summed E-state index contributed by atoms with van der Waals surface area (Å²) in [4.78, 5) is 16.5. The van der Waals surface area contributed by atoms with E-state index in [-0.39, 0.29) is 23.5 Å². The van der Waals surface area contributed by atoms with Gasteiger partial charge in [0.15, 0.2) is 21.3 Å². The number of amides is 1. The van der Waals surface area contributed by atoms with Gasteiger partial charge in [-0.3, -0.25) is 4.79 Å². The largest absolute Gasteiger partial charge is 0.493 e. The van der Waals surface area contributed by atoms with Gasteiger partial charge in [0.25, 0.3) is 5.91 Å². The van der Waals surface area contributed by atoms with Crippen LogP contribution in [0, 0.1) is 0 Å². The Bertz CT molecular complexity index is 849. The predicted octanol–water partition coefficient (Wildman–Crippen LogP) is 1.65. The fourth-order valence-corrected chi connectivity index (χ4v) is 4.78. The minimum atomic E-state index is -3.04. The van der Waals surface area contributed by atoms with Gasteiger partial charge < -0.3 is 14.8 Å². The molecule has 1 aromatic carbocycles. The van der Waals surface area contributed by atoms with Gasteiger partial charge in [-0.05, 0) is 24.6 Å². The number of methoxy groups -OCH3 is 1. The Labute approximate surface area is 149 Å². The molecule has 9 heteroatoms. The molecule has 1 aromatic heterocycles. The van der Waals surface area contributed by atoms with Gasteiger partial charge in [-0.2, -0.15) is 0 Å². The van der Waals surface area contributed by atoms with E-state index in [0.29, 0.717) is 30.1 Å². The molecule has 7 nitrogen and oxygen atoms in total. The number of carbonyl (C=O) groups excluding carboxylic acids is 1. The van der Waals surface area contributed by atoms with Crippen molar-refractivity contribution in [2.75, 3.05) is 18.6 Å². The maximum absolute atomic E-state index is 12.3. The molecule has 1 saturated heterocycles. The lowest BCUT2D eigenvalue weighted by Crippen LogP contribution is -2.35. The van der Waals surface area contributed by atoms with Crippen LogP contribution in [0.15, 0.2) is 29.1 Å². The SMILES string of the molecule is COc1cc(C(=O)NC2CCS(=O)(=O)C2)ccc1OCc1cscn1. The fourth-order valence-electron chi connectivity index (χ4n) is 2.57. The summed E-state index contributed by atoms with van der Waals surface area (Å²) >= 11 is 1.49. The number of ether oxygens (including phenoxy) is 2. The van der Waals surface area contributed by atoms with Crippen LogP contribution in [0.5, 0.6) is 11.5 Å². The molecule has 0 aliphatic carbocycles. The standard InChI is InChI=1S/C16H18N2O5S2/c1-22-15-6-11(16(19)18-12-4-5-25(20,21)9-12)2-3-14(15)23-7-13-8-24-10-17-13/h2-3,6,8,10,12H,4-5,7,9H2,1H3,(H,18,19). The highest BCUT2D eigenvalue weighted by atomic mass is 32.2. The summed E-state index contributed by atoms with van der Waals surface area (Å²) in [7, 11) is -1.54. The van der Waals surface area contributed by atoms with Crippen LogP contribution in [0.1, 0.15) is 22.5 Å². The van der Waals surface area contributed by atoms with Gasteiger partial charge in [0.1, 0.15) is 6.61 Å². The van der Waals surface area contributed by atoms with Crippen molar-refractivity contribution in [1.82, 2.24) is 10.3 Å². The zero-order valence-corrected chi connectivity index (χ0v) is 15.2. The molecule has 2 aromatic rings. The van der Waals surface area contributed by atoms with Crippen LogP contribution in [-0.2, 0) is 16.4 Å². The molecule has 1 unspecified atom stereocenters. The van der Waals surface area contributed by atoms with E-state index in [1.54, 1.807) is 23.7 Å². The van der Waals surface area contributed by atoms with E-state index < -0.39 is 9.84 Å². The van der Waals surface area contributed by atoms with Gasteiger partial charge in [0, 0.05) is 17.0 Å². The van der Waals surface area contributed by atoms with E-state index in [9.17, 15) is 13.2 Å². The Balaban J connectivity index is 1.67. The van der Waals surface area contributed by atoms with Gasteiger partial charge in [-0.25, -0.2) is 13.4 Å². The number of thiazole rings is 1. The average molecular weight is 382 g/mol. The van der Waals surface area contributed by atoms with Crippen molar-refractivity contribution < 1.29 is 22.7 Å². The highest BCUT2D eigenvalue weighted by molar-refractivity contribution is 7.91. The zero-order chi connectivity index (χ0) is 17.9. The second kappa shape index (κ2) is 7.40. The number of rotatable bonds is 6. The first-order valence-electron chi connectivity index (χ1n) is 7.66. The first kappa shape index (κ1) is 17.7. The van der Waals surface area contributed by atoms with E-state index >= 15 is 0 Å². The molecule has 1 aliphatic heterocycles. The monoisotopic (exact) mass is 382 g/mol. The molecular weight excluding hydrogens is 364 g/mol. The molecule has 0 bridgehead atoms. The summed E-state index contributed by atoms with van der Waals surface area (Å²) in [5.74, 6) is 0.721. The minimum Gasteiger partial charge on any atom is -0.493 e. The number of benzene rings is 1. The summed E-state index contributed by atoms with van der Waals surface area (Å²) in [5, 5.41) is 4.65. The predicted molar refractivity (Wildman–Crippen MR) is 94.0 cm³/mol. The van der Waals surface area contributed by atoms with Gasteiger partial charge in [0.05, 0.1) is 29.8 Å². The molecule has 1 amide bonds. The smallest absolute Gasteiger partial charge is 0.251 e. The molecule has 0 saturated carbocycles. The fraction of sp³-hybridized carbons (Fsp3) is 0.375. The lowest BCUT2D eigenvalue weighted by Gasteiger charge is -2.13. The number of sulfone groups is 1. The Kier molecular flexibility index (Phi) is 5.24. The van der Waals surface area contributed by atoms with Crippen LogP contribution in [0.25, 0.3) is 0 Å². The first-order valence-corrected chi connectivity index (χ1v) is 10.4. The van der Waals surface area contributed by atoms with Gasteiger partial charge in [0.2, 0.25) is 0 Å². The van der Waals surface area contributed by atoms with Gasteiger partial charge >= 0.3 is 0 Å². The van der Waals surface area contributed by atoms with E-state index in [0.717, 1.165) is 5.69 Å². The zero-order valence-electron chi connectivity index (χ0n) is 13.6. The Morgan fingerprint density at radius 1 is 1.40 bits per heavy atom. The molecule has 1 N–H and O–H groups in total. The third-order valence-corrected chi connectivity index (χ3v) is 6.26. The Morgan fingerprint density at radius 2 is 2.24 bits per heavy atom. The number of hydrogen-bond acceptors (Lipinski definition) is 7. The van der Waals surface area contributed by atoms with Crippen molar-refractivity contribution >= 4 is 27.1 Å². The quantitative estimate of drug-likeness (QED) is 0.816. The summed E-state index contributed by atoms with van der Waals surface area (Å²) in [5.41, 5.74) is 2.94. The van der Waals surface area contributed by atoms with Crippen LogP contribution in [0.2, 0.25) is 0 Å². The summed E-state index contributed by atoms with van der Waals surface area (Å²) in [6.07, 6.45) is 0.444. The molecule has 1 aliphatic rings. The van der Waals surface area contributed by atoms with E-state index in [2.05, 4.69) is 10.3 Å². The molecular formula is C16H18N2O5S2. The third-order valence-electron chi connectivity index (χ3n) is 3.85. The van der Waals surface area contributed by atoms with Crippen molar-refractivity contribution in [3.05, 3.63) is 40.3 Å². The van der Waals surface area contributed by atoms with E-state index in [4.69, 9.17) is 9.47 Å². The van der Waals surface area contributed by atoms with Crippen LogP contribution < -0.4 is 14.8 Å². The number of nitrogens with zero attached hydrogens (tertiary/aromatic N) is 1. The van der Waals surface area contributed by atoms with E-state index in [1.165, 1.54) is 18.4 Å². The molecule has 1 fully saturated rings. The Morgan fingerprint density at radius 3 is 2.88 bits per heavy atom. The molecule has 0 radical (unpaired) electrons. The van der Waals surface area contributed by atoms with Gasteiger partial charge in [-0.15, -0.1) is 11.3 Å². The second-order valence-electron chi connectivity index (χ2n) is 5.71. The molecule has 25 heavy (non-hydrogen) atoms. The lowest BCUT2D eigenvalue weighted by atomic mass is 10.1. The second-order valence-corrected chi connectivity index (χ2v) is 8.65. The molecule has 1 atom stereocenters. The van der Waals surface area contributed by atoms with Crippen LogP contribution >= 0.6 is 11.3 Å². The first-order chi connectivity index (χ1) is 12.0. The van der Waals surface area contributed by atoms with Crippen LogP contribution in [0.3, 0.4) is 0 Å². The highest BCUT2D eigenvalue weighted by Gasteiger charge is 2.29. The molecule has 134 valence electrons. The Hall–Kier alpha value is -2.13. The van der Waals surface area contributed by atoms with Gasteiger partial charge in [-0.1, -0.05) is 0 Å². The lowest BCUT2D eigenvalue weighted by molar-refractivity contribution is 0.0940. The molecule has 2 heterocycles. The van der Waals surface area contributed by atoms with Crippen LogP contribution in [0.4, 0.5) is 0 Å². The maximum Gasteiger partial charge on any atom is 0.251 e. The normalized spacial score (nSPS) is 18.7. The van der Waals surface area contributed by atoms with Crippen molar-refractivity contribution in [2.45, 2.75) is 19.1 Å². The van der Waals surface area contributed by atoms with Crippen molar-refractivity contribution in [3.63, 3.8) is 0 Å².